The number of aromatic amines is 1. The molecule has 1 aliphatic rings. The van der Waals surface area contributed by atoms with E-state index < -0.39 is 0 Å². The predicted molar refractivity (Wildman–Crippen MR) is 84.2 cm³/mol. The van der Waals surface area contributed by atoms with Gasteiger partial charge in [-0.15, -0.1) is 0 Å². The van der Waals surface area contributed by atoms with E-state index in [0.29, 0.717) is 12.1 Å². The molecule has 0 saturated carbocycles. The number of H-pyrrole nitrogens is 1. The van der Waals surface area contributed by atoms with E-state index in [9.17, 15) is 0 Å². The molecule has 2 atom stereocenters. The van der Waals surface area contributed by atoms with Gasteiger partial charge in [0.1, 0.15) is 5.65 Å². The molecular weight excluding hydrogens is 264 g/mol. The maximum absolute atomic E-state index is 5.48. The summed E-state index contributed by atoms with van der Waals surface area (Å²) in [6.45, 7) is 9.03. The van der Waals surface area contributed by atoms with Crippen LogP contribution in [-0.4, -0.2) is 53.3 Å². The first-order chi connectivity index (χ1) is 10.2. The second-order valence-corrected chi connectivity index (χ2v) is 5.92. The summed E-state index contributed by atoms with van der Waals surface area (Å²) in [6, 6.07) is 7.20. The second kappa shape index (κ2) is 6.56. The zero-order valence-corrected chi connectivity index (χ0v) is 12.8. The van der Waals surface area contributed by atoms with Gasteiger partial charge in [-0.3, -0.25) is 4.90 Å². The lowest BCUT2D eigenvalue weighted by Crippen LogP contribution is -2.49. The highest BCUT2D eigenvalue weighted by molar-refractivity contribution is 5.75. The predicted octanol–water partition coefficient (Wildman–Crippen LogP) is 1.76. The third kappa shape index (κ3) is 3.61. The summed E-state index contributed by atoms with van der Waals surface area (Å²) in [5.41, 5.74) is 2.04. The fraction of sp³-hybridized carbons (Fsp3) is 0.562. The van der Waals surface area contributed by atoms with Gasteiger partial charge in [-0.05, 0) is 32.0 Å². The van der Waals surface area contributed by atoms with Crippen LogP contribution in [0, 0.1) is 0 Å². The zero-order chi connectivity index (χ0) is 14.7. The highest BCUT2D eigenvalue weighted by Crippen LogP contribution is 2.10. The maximum atomic E-state index is 5.48. The molecule has 0 radical (unpaired) electrons. The zero-order valence-electron chi connectivity index (χ0n) is 12.8. The number of hydrogen-bond acceptors (Lipinski definition) is 4. The van der Waals surface area contributed by atoms with Crippen LogP contribution in [0.5, 0.6) is 0 Å². The van der Waals surface area contributed by atoms with Crippen LogP contribution in [0.1, 0.15) is 19.5 Å². The molecule has 5 nitrogen and oxygen atoms in total. The van der Waals surface area contributed by atoms with Crippen molar-refractivity contribution in [3.8, 4) is 0 Å². The average Bonchev–Trinajstić information content (AvgIpc) is 2.95. The highest BCUT2D eigenvalue weighted by atomic mass is 16.5. The highest BCUT2D eigenvalue weighted by Gasteiger charge is 2.20. The van der Waals surface area contributed by atoms with Crippen molar-refractivity contribution < 1.29 is 4.74 Å². The second-order valence-electron chi connectivity index (χ2n) is 5.92. The van der Waals surface area contributed by atoms with Gasteiger partial charge in [0.25, 0.3) is 0 Å². The standard InChI is InChI=1S/C16H24N4O/c1-12(10-20-7-8-21-11-13(20)2)18-9-15-4-3-14-5-6-17-16(14)19-15/h3-6,12-13,18H,7-11H2,1-2H3,(H,17,19). The summed E-state index contributed by atoms with van der Waals surface area (Å²) >= 11 is 0. The molecule has 0 aromatic carbocycles. The number of ether oxygens (including phenoxy) is 1. The molecule has 1 aliphatic heterocycles. The third-order valence-corrected chi connectivity index (χ3v) is 4.11. The van der Waals surface area contributed by atoms with Gasteiger partial charge in [0, 0.05) is 43.3 Å². The summed E-state index contributed by atoms with van der Waals surface area (Å²) in [7, 11) is 0. The molecule has 0 spiro atoms. The normalized spacial score (nSPS) is 21.7. The van der Waals surface area contributed by atoms with E-state index in [-0.39, 0.29) is 0 Å². The summed E-state index contributed by atoms with van der Waals surface area (Å²) in [5, 5.41) is 4.73. The fourth-order valence-corrected chi connectivity index (χ4v) is 2.80. The maximum Gasteiger partial charge on any atom is 0.137 e. The van der Waals surface area contributed by atoms with Crippen molar-refractivity contribution in [2.45, 2.75) is 32.5 Å². The van der Waals surface area contributed by atoms with Crippen LogP contribution >= 0.6 is 0 Å². The molecule has 3 heterocycles. The Bertz CT molecular complexity index is 582. The number of pyridine rings is 1. The van der Waals surface area contributed by atoms with Crippen LogP contribution in [0.15, 0.2) is 24.4 Å². The van der Waals surface area contributed by atoms with E-state index in [1.165, 1.54) is 0 Å². The monoisotopic (exact) mass is 288 g/mol. The van der Waals surface area contributed by atoms with E-state index in [0.717, 1.165) is 49.6 Å². The Morgan fingerprint density at radius 2 is 2.38 bits per heavy atom. The van der Waals surface area contributed by atoms with Gasteiger partial charge in [0.05, 0.1) is 18.9 Å². The number of rotatable bonds is 5. The van der Waals surface area contributed by atoms with Crippen molar-refractivity contribution in [3.63, 3.8) is 0 Å². The Kier molecular flexibility index (Phi) is 4.53. The number of hydrogen-bond donors (Lipinski definition) is 2. The Balaban J connectivity index is 1.51. The Morgan fingerprint density at radius 3 is 3.24 bits per heavy atom. The van der Waals surface area contributed by atoms with Crippen LogP contribution in [0.3, 0.4) is 0 Å². The number of fused-ring (bicyclic) bond motifs is 1. The first-order valence-corrected chi connectivity index (χ1v) is 7.70. The van der Waals surface area contributed by atoms with Crippen molar-refractivity contribution in [2.24, 2.45) is 0 Å². The number of morpholine rings is 1. The summed E-state index contributed by atoms with van der Waals surface area (Å²) in [4.78, 5) is 10.3. The number of nitrogens with one attached hydrogen (secondary N) is 2. The first-order valence-electron chi connectivity index (χ1n) is 7.70. The van der Waals surface area contributed by atoms with Crippen molar-refractivity contribution in [1.82, 2.24) is 20.2 Å². The Morgan fingerprint density at radius 1 is 1.48 bits per heavy atom. The molecule has 1 fully saturated rings. The molecule has 2 aromatic heterocycles. The molecule has 1 saturated heterocycles. The van der Waals surface area contributed by atoms with Gasteiger partial charge >= 0.3 is 0 Å². The lowest BCUT2D eigenvalue weighted by atomic mass is 10.2. The van der Waals surface area contributed by atoms with Gasteiger partial charge in [-0.2, -0.15) is 0 Å². The smallest absolute Gasteiger partial charge is 0.137 e. The number of aromatic nitrogens is 2. The minimum Gasteiger partial charge on any atom is -0.379 e. The molecule has 114 valence electrons. The average molecular weight is 288 g/mol. The largest absolute Gasteiger partial charge is 0.379 e. The lowest BCUT2D eigenvalue weighted by Gasteiger charge is -2.35. The quantitative estimate of drug-likeness (QED) is 0.880. The van der Waals surface area contributed by atoms with Crippen LogP contribution < -0.4 is 5.32 Å². The van der Waals surface area contributed by atoms with Gasteiger partial charge in [-0.1, -0.05) is 0 Å². The summed E-state index contributed by atoms with van der Waals surface area (Å²) < 4.78 is 5.48. The van der Waals surface area contributed by atoms with E-state index in [1.54, 1.807) is 0 Å². The van der Waals surface area contributed by atoms with Gasteiger partial charge in [0.15, 0.2) is 0 Å². The topological polar surface area (TPSA) is 53.2 Å². The Hall–Kier alpha value is -1.43. The molecule has 5 heteroatoms. The number of nitrogens with zero attached hydrogens (tertiary/aromatic N) is 2. The van der Waals surface area contributed by atoms with Crippen LogP contribution in [0.2, 0.25) is 0 Å². The SMILES string of the molecule is CC(CN1CCOCC1C)NCc1ccc2cc[nH]c2n1. The van der Waals surface area contributed by atoms with Crippen molar-refractivity contribution in [3.05, 3.63) is 30.1 Å². The van der Waals surface area contributed by atoms with Gasteiger partial charge in [0.2, 0.25) is 0 Å². The minimum absolute atomic E-state index is 0.437. The van der Waals surface area contributed by atoms with E-state index in [2.05, 4.69) is 46.2 Å². The summed E-state index contributed by atoms with van der Waals surface area (Å²) in [5.74, 6) is 0. The van der Waals surface area contributed by atoms with Gasteiger partial charge in [-0.25, -0.2) is 4.98 Å². The molecule has 2 N–H and O–H groups in total. The van der Waals surface area contributed by atoms with Crippen LogP contribution in [0.25, 0.3) is 11.0 Å². The van der Waals surface area contributed by atoms with Crippen molar-refractivity contribution >= 4 is 11.0 Å². The minimum atomic E-state index is 0.437. The molecule has 0 amide bonds. The lowest BCUT2D eigenvalue weighted by molar-refractivity contribution is -0.00361. The van der Waals surface area contributed by atoms with Crippen molar-refractivity contribution in [1.29, 1.82) is 0 Å². The molecule has 0 bridgehead atoms. The molecular formula is C16H24N4O. The van der Waals surface area contributed by atoms with E-state index in [1.807, 2.05) is 12.3 Å². The van der Waals surface area contributed by atoms with Crippen LogP contribution in [0.4, 0.5) is 0 Å². The third-order valence-electron chi connectivity index (χ3n) is 4.11. The molecule has 2 aromatic rings. The molecule has 3 rings (SSSR count). The first kappa shape index (κ1) is 14.5. The molecule has 21 heavy (non-hydrogen) atoms. The van der Waals surface area contributed by atoms with Crippen molar-refractivity contribution in [2.75, 3.05) is 26.3 Å². The molecule has 2 unspecified atom stereocenters. The van der Waals surface area contributed by atoms with E-state index >= 15 is 0 Å². The van der Waals surface area contributed by atoms with Gasteiger partial charge < -0.3 is 15.0 Å². The summed E-state index contributed by atoms with van der Waals surface area (Å²) in [6.07, 6.45) is 1.93. The van der Waals surface area contributed by atoms with E-state index in [4.69, 9.17) is 4.74 Å². The fourth-order valence-electron chi connectivity index (χ4n) is 2.80. The van der Waals surface area contributed by atoms with Crippen LogP contribution in [-0.2, 0) is 11.3 Å². The molecule has 0 aliphatic carbocycles. The Labute approximate surface area is 125 Å².